The Morgan fingerprint density at radius 1 is 1.04 bits per heavy atom. The number of rotatable bonds is 6. The number of aromatic nitrogens is 1. The molecule has 0 bridgehead atoms. The minimum absolute atomic E-state index is 0.530. The predicted molar refractivity (Wildman–Crippen MR) is 93.0 cm³/mol. The first-order valence-electron chi connectivity index (χ1n) is 7.90. The molecule has 0 unspecified atom stereocenters. The van der Waals surface area contributed by atoms with Gasteiger partial charge in [-0.1, -0.05) is 35.5 Å². The summed E-state index contributed by atoms with van der Waals surface area (Å²) in [6, 6.07) is 19.8. The summed E-state index contributed by atoms with van der Waals surface area (Å²) >= 11 is 0. The van der Waals surface area contributed by atoms with Gasteiger partial charge < -0.3 is 9.26 Å². The average Bonchev–Trinajstić information content (AvgIpc) is 3.34. The fraction of sp³-hybridized carbons (Fsp3) is 0.111. The first-order valence-corrected chi connectivity index (χ1v) is 7.90. The van der Waals surface area contributed by atoms with Crippen molar-refractivity contribution in [1.29, 1.82) is 0 Å². The van der Waals surface area contributed by atoms with E-state index in [1.807, 2.05) is 60.7 Å². The van der Waals surface area contributed by atoms with Gasteiger partial charge in [0, 0.05) is 11.6 Å². The number of benzene rings is 2. The van der Waals surface area contributed by atoms with Crippen molar-refractivity contribution in [1.82, 2.24) is 21.2 Å². The molecule has 2 aromatic carbocycles. The van der Waals surface area contributed by atoms with Gasteiger partial charge in [-0.15, -0.1) is 5.53 Å². The van der Waals surface area contributed by atoms with E-state index in [2.05, 4.69) is 21.3 Å². The van der Waals surface area contributed by atoms with Crippen molar-refractivity contribution >= 4 is 6.34 Å². The van der Waals surface area contributed by atoms with Crippen LogP contribution in [0.2, 0.25) is 0 Å². The summed E-state index contributed by atoms with van der Waals surface area (Å²) in [4.78, 5) is 0. The summed E-state index contributed by atoms with van der Waals surface area (Å²) in [7, 11) is 0. The Bertz CT molecular complexity index is 845. The van der Waals surface area contributed by atoms with Crippen LogP contribution in [0.15, 0.2) is 70.3 Å². The molecule has 0 fully saturated rings. The number of hydrazone groups is 1. The summed E-state index contributed by atoms with van der Waals surface area (Å²) in [5, 5.41) is 9.71. The molecule has 2 heterocycles. The molecule has 0 atom stereocenters. The molecule has 4 rings (SSSR count). The van der Waals surface area contributed by atoms with E-state index in [0.29, 0.717) is 13.2 Å². The molecular formula is C18H17N5O2. The van der Waals surface area contributed by atoms with E-state index in [0.717, 1.165) is 28.3 Å². The first-order chi connectivity index (χ1) is 12.4. The molecule has 126 valence electrons. The molecule has 0 aliphatic carbocycles. The van der Waals surface area contributed by atoms with Gasteiger partial charge in [0.05, 0.1) is 6.54 Å². The van der Waals surface area contributed by atoms with Crippen LogP contribution in [0.5, 0.6) is 5.75 Å². The van der Waals surface area contributed by atoms with Crippen LogP contribution in [0.1, 0.15) is 11.3 Å². The molecule has 3 aromatic rings. The fourth-order valence-electron chi connectivity index (χ4n) is 2.46. The zero-order chi connectivity index (χ0) is 16.9. The minimum Gasteiger partial charge on any atom is -0.489 e. The molecule has 1 aliphatic heterocycles. The molecule has 7 heteroatoms. The molecule has 25 heavy (non-hydrogen) atoms. The zero-order valence-corrected chi connectivity index (χ0v) is 13.4. The van der Waals surface area contributed by atoms with Gasteiger partial charge in [-0.2, -0.15) is 5.10 Å². The Morgan fingerprint density at radius 2 is 1.88 bits per heavy atom. The van der Waals surface area contributed by atoms with Crippen molar-refractivity contribution in [2.24, 2.45) is 5.10 Å². The monoisotopic (exact) mass is 335 g/mol. The van der Waals surface area contributed by atoms with E-state index in [4.69, 9.17) is 9.26 Å². The fourth-order valence-corrected chi connectivity index (χ4v) is 2.46. The van der Waals surface area contributed by atoms with Crippen molar-refractivity contribution in [2.45, 2.75) is 13.2 Å². The maximum Gasteiger partial charge on any atom is 0.158 e. The van der Waals surface area contributed by atoms with E-state index in [9.17, 15) is 0 Å². The standard InChI is InChI=1S/C18H17N5O2/c1-2-4-14(5-3-1)12-24-16-8-6-15(7-9-16)18-10-17(25-20-18)11-23-13-19-21-22-23/h1-10,13,21-22H,11-12H2. The molecule has 1 aromatic heterocycles. The lowest BCUT2D eigenvalue weighted by molar-refractivity contribution is 0.256. The van der Waals surface area contributed by atoms with Gasteiger partial charge in [0.25, 0.3) is 0 Å². The van der Waals surface area contributed by atoms with Crippen LogP contribution in [-0.2, 0) is 13.2 Å². The van der Waals surface area contributed by atoms with Gasteiger partial charge in [-0.25, -0.2) is 5.53 Å². The Kier molecular flexibility index (Phi) is 4.30. The molecular weight excluding hydrogens is 318 g/mol. The van der Waals surface area contributed by atoms with E-state index in [1.54, 1.807) is 11.3 Å². The van der Waals surface area contributed by atoms with E-state index in [1.165, 1.54) is 0 Å². The molecule has 0 saturated heterocycles. The van der Waals surface area contributed by atoms with Crippen molar-refractivity contribution in [3.63, 3.8) is 0 Å². The largest absolute Gasteiger partial charge is 0.489 e. The number of nitrogens with one attached hydrogen (secondary N) is 2. The Balaban J connectivity index is 1.38. The Hall–Kier alpha value is -3.32. The average molecular weight is 335 g/mol. The molecule has 0 amide bonds. The van der Waals surface area contributed by atoms with Crippen LogP contribution in [0.3, 0.4) is 0 Å². The van der Waals surface area contributed by atoms with Gasteiger partial charge in [-0.3, -0.25) is 5.01 Å². The Labute approximate surface area is 144 Å². The second-order valence-electron chi connectivity index (χ2n) is 5.57. The summed E-state index contributed by atoms with van der Waals surface area (Å²) < 4.78 is 11.2. The van der Waals surface area contributed by atoms with Crippen molar-refractivity contribution in [3.05, 3.63) is 72.0 Å². The van der Waals surface area contributed by atoms with Crippen LogP contribution in [0.4, 0.5) is 0 Å². The van der Waals surface area contributed by atoms with Gasteiger partial charge in [-0.05, 0) is 29.8 Å². The van der Waals surface area contributed by atoms with Gasteiger partial charge in [0.1, 0.15) is 24.4 Å². The highest BCUT2D eigenvalue weighted by molar-refractivity contribution is 5.60. The second kappa shape index (κ2) is 7.06. The highest BCUT2D eigenvalue weighted by Gasteiger charge is 2.11. The van der Waals surface area contributed by atoms with Crippen molar-refractivity contribution < 1.29 is 9.26 Å². The molecule has 2 N–H and O–H groups in total. The number of nitrogens with zero attached hydrogens (tertiary/aromatic N) is 3. The molecule has 0 radical (unpaired) electrons. The minimum atomic E-state index is 0.530. The third-order valence-corrected chi connectivity index (χ3v) is 3.74. The van der Waals surface area contributed by atoms with Crippen molar-refractivity contribution in [2.75, 3.05) is 0 Å². The summed E-state index contributed by atoms with van der Waals surface area (Å²) in [5.74, 6) is 1.56. The van der Waals surface area contributed by atoms with Gasteiger partial charge in [0.15, 0.2) is 5.76 Å². The topological polar surface area (TPSA) is 74.9 Å². The molecule has 1 aliphatic rings. The molecule has 0 spiro atoms. The molecule has 0 saturated carbocycles. The first kappa shape index (κ1) is 15.2. The highest BCUT2D eigenvalue weighted by Crippen LogP contribution is 2.23. The smallest absolute Gasteiger partial charge is 0.158 e. The lowest BCUT2D eigenvalue weighted by Gasteiger charge is -2.09. The third-order valence-electron chi connectivity index (χ3n) is 3.74. The summed E-state index contributed by atoms with van der Waals surface area (Å²) in [6.45, 7) is 1.08. The van der Waals surface area contributed by atoms with E-state index >= 15 is 0 Å². The van der Waals surface area contributed by atoms with E-state index in [-0.39, 0.29) is 0 Å². The van der Waals surface area contributed by atoms with Crippen LogP contribution >= 0.6 is 0 Å². The van der Waals surface area contributed by atoms with E-state index < -0.39 is 0 Å². The lowest BCUT2D eigenvalue weighted by Crippen LogP contribution is -2.36. The maximum absolute atomic E-state index is 5.80. The maximum atomic E-state index is 5.80. The van der Waals surface area contributed by atoms with Gasteiger partial charge >= 0.3 is 0 Å². The SMILES string of the molecule is C1=NNNN1Cc1cc(-c2ccc(OCc3ccccc3)cc2)no1. The Morgan fingerprint density at radius 3 is 2.64 bits per heavy atom. The summed E-state index contributed by atoms with van der Waals surface area (Å²) in [6.07, 6.45) is 1.64. The number of hydrogen-bond donors (Lipinski definition) is 2. The second-order valence-corrected chi connectivity index (χ2v) is 5.57. The molecule has 7 nitrogen and oxygen atoms in total. The van der Waals surface area contributed by atoms with Crippen LogP contribution in [0.25, 0.3) is 11.3 Å². The van der Waals surface area contributed by atoms with Crippen molar-refractivity contribution in [3.8, 4) is 17.0 Å². The lowest BCUT2D eigenvalue weighted by atomic mass is 10.1. The number of hydrazine groups is 2. The van der Waals surface area contributed by atoms with Gasteiger partial charge in [0.2, 0.25) is 0 Å². The predicted octanol–water partition coefficient (Wildman–Crippen LogP) is 2.69. The quantitative estimate of drug-likeness (QED) is 0.721. The van der Waals surface area contributed by atoms with Crippen LogP contribution < -0.4 is 15.8 Å². The number of ether oxygens (including phenoxy) is 1. The van der Waals surface area contributed by atoms with Crippen LogP contribution in [-0.4, -0.2) is 16.5 Å². The highest BCUT2D eigenvalue weighted by atomic mass is 16.5. The summed E-state index contributed by atoms with van der Waals surface area (Å²) in [5.41, 5.74) is 8.38. The zero-order valence-electron chi connectivity index (χ0n) is 13.4. The van der Waals surface area contributed by atoms with Crippen LogP contribution in [0, 0.1) is 0 Å². The third kappa shape index (κ3) is 3.78. The normalized spacial score (nSPS) is 13.0. The number of hydrogen-bond acceptors (Lipinski definition) is 7.